The molecule has 3 aromatic rings. The molecule has 0 bridgehead atoms. The third-order valence-corrected chi connectivity index (χ3v) is 3.69. The molecule has 3 rings (SSSR count). The van der Waals surface area contributed by atoms with Crippen molar-refractivity contribution in [3.63, 3.8) is 0 Å². The Morgan fingerprint density at radius 2 is 1.96 bits per heavy atom. The third kappa shape index (κ3) is 4.53. The summed E-state index contributed by atoms with van der Waals surface area (Å²) in [5, 5.41) is 18.2. The third-order valence-electron chi connectivity index (χ3n) is 3.11. The summed E-state index contributed by atoms with van der Waals surface area (Å²) < 4.78 is 16.4. The highest BCUT2D eigenvalue weighted by Gasteiger charge is 2.12. The number of furan rings is 1. The Morgan fingerprint density at radius 3 is 2.62 bits per heavy atom. The van der Waals surface area contributed by atoms with Gasteiger partial charge in [-0.3, -0.25) is 10.1 Å². The molecule has 0 saturated carbocycles. The van der Waals surface area contributed by atoms with Crippen molar-refractivity contribution in [3.05, 3.63) is 68.0 Å². The minimum atomic E-state index is -0.591. The number of halogens is 1. The molecule has 0 aliphatic heterocycles. The summed E-state index contributed by atoms with van der Waals surface area (Å²) in [6.45, 7) is -0.196. The van der Waals surface area contributed by atoms with Crippen LogP contribution in [0.25, 0.3) is 17.5 Å². The number of non-ortho nitro benzene ring substituents is 1. The summed E-state index contributed by atoms with van der Waals surface area (Å²) >= 11 is 2.02. The van der Waals surface area contributed by atoms with E-state index in [2.05, 4.69) is 10.2 Å². The van der Waals surface area contributed by atoms with Gasteiger partial charge in [-0.15, -0.1) is 10.2 Å². The number of ether oxygens (including phenoxy) is 1. The van der Waals surface area contributed by atoms with Gasteiger partial charge in [-0.2, -0.15) is 0 Å². The van der Waals surface area contributed by atoms with E-state index in [0.717, 1.165) is 0 Å². The molecule has 0 saturated heterocycles. The maximum absolute atomic E-state index is 11.7. The van der Waals surface area contributed by atoms with Crippen molar-refractivity contribution in [1.29, 1.82) is 0 Å². The van der Waals surface area contributed by atoms with Gasteiger partial charge in [-0.05, 0) is 52.9 Å². The second-order valence-electron chi connectivity index (χ2n) is 4.89. The average Bonchev–Trinajstić information content (AvgIpc) is 3.27. The molecule has 132 valence electrons. The number of esters is 1. The van der Waals surface area contributed by atoms with Crippen LogP contribution in [-0.2, 0) is 16.1 Å². The van der Waals surface area contributed by atoms with E-state index >= 15 is 0 Å². The van der Waals surface area contributed by atoms with E-state index in [1.807, 2.05) is 22.6 Å². The summed E-state index contributed by atoms with van der Waals surface area (Å²) in [5.41, 5.74) is 0.480. The lowest BCUT2D eigenvalue weighted by Crippen LogP contribution is -2.00. The quantitative estimate of drug-likeness (QED) is 0.177. The van der Waals surface area contributed by atoms with Gasteiger partial charge in [-0.1, -0.05) is 0 Å². The Hall–Kier alpha value is -3.02. The van der Waals surface area contributed by atoms with E-state index in [1.54, 1.807) is 12.1 Å². The summed E-state index contributed by atoms with van der Waals surface area (Å²) in [6, 6.07) is 9.15. The zero-order valence-electron chi connectivity index (χ0n) is 13.0. The molecule has 0 radical (unpaired) electrons. The number of aromatic nitrogens is 2. The minimum absolute atomic E-state index is 0.0412. The SMILES string of the molecule is O=C(/C=C/c1ccc(I)o1)OCc1nnc(-c2ccc([N+](=O)[O-])cc2)o1. The molecule has 0 spiro atoms. The number of nitrogens with zero attached hydrogens (tertiary/aromatic N) is 3. The fraction of sp³-hybridized carbons (Fsp3) is 0.0625. The standard InChI is InChI=1S/C16H10IN3O6/c17-13-7-5-12(25-13)6-8-15(21)24-9-14-18-19-16(26-14)10-1-3-11(4-2-10)20(22)23/h1-8H,9H2/b8-6+. The number of carbonyl (C=O) groups excluding carboxylic acids is 1. The number of rotatable bonds is 6. The summed E-state index contributed by atoms with van der Waals surface area (Å²) in [6.07, 6.45) is 2.71. The van der Waals surface area contributed by atoms with E-state index < -0.39 is 10.9 Å². The molecule has 0 fully saturated rings. The molecule has 26 heavy (non-hydrogen) atoms. The first-order valence-electron chi connectivity index (χ1n) is 7.18. The van der Waals surface area contributed by atoms with Crippen molar-refractivity contribution in [2.24, 2.45) is 0 Å². The maximum atomic E-state index is 11.7. The van der Waals surface area contributed by atoms with E-state index in [1.165, 1.54) is 36.4 Å². The molecule has 0 amide bonds. The average molecular weight is 467 g/mol. The first-order valence-corrected chi connectivity index (χ1v) is 8.26. The Balaban J connectivity index is 1.57. The lowest BCUT2D eigenvalue weighted by atomic mass is 10.2. The van der Waals surface area contributed by atoms with Gasteiger partial charge in [0.2, 0.25) is 5.89 Å². The Labute approximate surface area is 160 Å². The van der Waals surface area contributed by atoms with Crippen molar-refractivity contribution >= 4 is 40.3 Å². The predicted molar refractivity (Wildman–Crippen MR) is 96.6 cm³/mol. The van der Waals surface area contributed by atoms with E-state index in [0.29, 0.717) is 15.1 Å². The van der Waals surface area contributed by atoms with Gasteiger partial charge in [0, 0.05) is 23.8 Å². The van der Waals surface area contributed by atoms with Crippen LogP contribution in [-0.4, -0.2) is 21.1 Å². The molecule has 2 aromatic heterocycles. The topological polar surface area (TPSA) is 122 Å². The second kappa shape index (κ2) is 7.91. The number of hydrogen-bond donors (Lipinski definition) is 0. The minimum Gasteiger partial charge on any atom is -0.452 e. The van der Waals surface area contributed by atoms with Crippen LogP contribution in [0.2, 0.25) is 0 Å². The molecule has 1 aromatic carbocycles. The highest BCUT2D eigenvalue weighted by molar-refractivity contribution is 14.1. The molecule has 10 heteroatoms. The van der Waals surface area contributed by atoms with E-state index in [-0.39, 0.29) is 24.1 Å². The summed E-state index contributed by atoms with van der Waals surface area (Å²) in [5.74, 6) is 0.218. The van der Waals surface area contributed by atoms with Crippen LogP contribution in [0.3, 0.4) is 0 Å². The van der Waals surface area contributed by atoms with Gasteiger partial charge in [0.1, 0.15) is 5.76 Å². The van der Waals surface area contributed by atoms with Crippen LogP contribution in [0.15, 0.2) is 51.3 Å². The Morgan fingerprint density at radius 1 is 1.19 bits per heavy atom. The molecular formula is C16H10IN3O6. The zero-order chi connectivity index (χ0) is 18.5. The molecule has 0 unspecified atom stereocenters. The zero-order valence-corrected chi connectivity index (χ0v) is 15.2. The largest absolute Gasteiger partial charge is 0.452 e. The van der Waals surface area contributed by atoms with Gasteiger partial charge in [0.25, 0.3) is 11.6 Å². The summed E-state index contributed by atoms with van der Waals surface area (Å²) in [7, 11) is 0. The molecule has 9 nitrogen and oxygen atoms in total. The number of benzene rings is 1. The maximum Gasteiger partial charge on any atom is 0.331 e. The van der Waals surface area contributed by atoms with Crippen molar-refractivity contribution in [2.45, 2.75) is 6.61 Å². The van der Waals surface area contributed by atoms with Crippen LogP contribution < -0.4 is 0 Å². The molecule has 0 N–H and O–H groups in total. The van der Waals surface area contributed by atoms with Crippen molar-refractivity contribution in [1.82, 2.24) is 10.2 Å². The van der Waals surface area contributed by atoms with Crippen molar-refractivity contribution < 1.29 is 23.3 Å². The number of hydrogen-bond acceptors (Lipinski definition) is 8. The number of carbonyl (C=O) groups is 1. The fourth-order valence-corrected chi connectivity index (χ4v) is 2.34. The summed E-state index contributed by atoms with van der Waals surface area (Å²) in [4.78, 5) is 21.8. The Bertz CT molecular complexity index is 961. The first-order chi connectivity index (χ1) is 12.5. The highest BCUT2D eigenvalue weighted by atomic mass is 127. The van der Waals surface area contributed by atoms with Crippen LogP contribution in [0.4, 0.5) is 5.69 Å². The fourth-order valence-electron chi connectivity index (χ4n) is 1.90. The predicted octanol–water partition coefficient (Wildman–Crippen LogP) is 3.60. The van der Waals surface area contributed by atoms with Crippen LogP contribution in [0.1, 0.15) is 11.7 Å². The molecular weight excluding hydrogens is 457 g/mol. The normalized spacial score (nSPS) is 11.0. The first kappa shape index (κ1) is 17.8. The molecule has 0 aliphatic carbocycles. The van der Waals surface area contributed by atoms with Gasteiger partial charge < -0.3 is 13.6 Å². The smallest absolute Gasteiger partial charge is 0.331 e. The van der Waals surface area contributed by atoms with Gasteiger partial charge in [0.05, 0.1) is 4.92 Å². The lowest BCUT2D eigenvalue weighted by Gasteiger charge is -1.97. The molecule has 0 aliphatic rings. The number of nitro benzene ring substituents is 1. The monoisotopic (exact) mass is 467 g/mol. The van der Waals surface area contributed by atoms with Crippen LogP contribution >= 0.6 is 22.6 Å². The Kier molecular flexibility index (Phi) is 5.41. The van der Waals surface area contributed by atoms with E-state index in [9.17, 15) is 14.9 Å². The van der Waals surface area contributed by atoms with Gasteiger partial charge in [-0.25, -0.2) is 4.79 Å². The van der Waals surface area contributed by atoms with Gasteiger partial charge in [0.15, 0.2) is 10.4 Å². The second-order valence-corrected chi connectivity index (χ2v) is 5.95. The molecule has 0 atom stereocenters. The highest BCUT2D eigenvalue weighted by Crippen LogP contribution is 2.21. The molecule has 2 heterocycles. The lowest BCUT2D eigenvalue weighted by molar-refractivity contribution is -0.384. The number of nitro groups is 1. The van der Waals surface area contributed by atoms with Crippen LogP contribution in [0.5, 0.6) is 0 Å². The van der Waals surface area contributed by atoms with Crippen molar-refractivity contribution in [2.75, 3.05) is 0 Å². The van der Waals surface area contributed by atoms with Crippen LogP contribution in [0, 0.1) is 13.9 Å². The van der Waals surface area contributed by atoms with Crippen molar-refractivity contribution in [3.8, 4) is 11.5 Å². The van der Waals surface area contributed by atoms with Gasteiger partial charge >= 0.3 is 5.97 Å². The van der Waals surface area contributed by atoms with E-state index in [4.69, 9.17) is 13.6 Å².